The normalized spacial score (nSPS) is 11.4. The van der Waals surface area contributed by atoms with Crippen LogP contribution in [0.2, 0.25) is 5.02 Å². The lowest BCUT2D eigenvalue weighted by molar-refractivity contribution is 0.284. The van der Waals surface area contributed by atoms with Crippen molar-refractivity contribution in [3.05, 3.63) is 88.7 Å². The van der Waals surface area contributed by atoms with E-state index in [-0.39, 0.29) is 17.3 Å². The lowest BCUT2D eigenvalue weighted by Crippen LogP contribution is -2.18. The van der Waals surface area contributed by atoms with Crippen molar-refractivity contribution >= 4 is 27.8 Å². The standard InChI is InChI=1S/C21H18ClFN2O4S/c1-28-20-11-4-16(12-21(20)29-14-15-2-7-18(23)8-3-15)13-24-25-30(26,27)19-9-5-17(22)6-10-19/h2-13,25H,14H2,1H3/b24-13-. The molecule has 0 saturated heterocycles. The van der Waals surface area contributed by atoms with E-state index in [4.69, 9.17) is 21.1 Å². The van der Waals surface area contributed by atoms with E-state index in [1.807, 2.05) is 0 Å². The van der Waals surface area contributed by atoms with Crippen molar-refractivity contribution in [3.8, 4) is 11.5 Å². The fraction of sp³-hybridized carbons (Fsp3) is 0.0952. The number of sulfonamides is 1. The molecule has 0 unspecified atom stereocenters. The van der Waals surface area contributed by atoms with Crippen LogP contribution < -0.4 is 14.3 Å². The second-order valence-corrected chi connectivity index (χ2v) is 8.23. The zero-order valence-corrected chi connectivity index (χ0v) is 17.5. The van der Waals surface area contributed by atoms with Gasteiger partial charge in [-0.05, 0) is 65.7 Å². The highest BCUT2D eigenvalue weighted by Crippen LogP contribution is 2.28. The van der Waals surface area contributed by atoms with Crippen LogP contribution >= 0.6 is 11.6 Å². The van der Waals surface area contributed by atoms with Gasteiger partial charge < -0.3 is 9.47 Å². The molecule has 0 radical (unpaired) electrons. The Labute approximate surface area is 179 Å². The number of halogens is 2. The van der Waals surface area contributed by atoms with Crippen LogP contribution in [0, 0.1) is 5.82 Å². The molecule has 0 aromatic heterocycles. The Bertz CT molecular complexity index is 1130. The summed E-state index contributed by atoms with van der Waals surface area (Å²) >= 11 is 5.77. The predicted octanol–water partition coefficient (Wildman–Crippen LogP) is 4.38. The summed E-state index contributed by atoms with van der Waals surface area (Å²) in [5, 5.41) is 4.24. The van der Waals surface area contributed by atoms with E-state index in [1.54, 1.807) is 30.3 Å². The molecule has 0 spiro atoms. The third kappa shape index (κ3) is 5.71. The number of ether oxygens (including phenoxy) is 2. The minimum atomic E-state index is -3.81. The summed E-state index contributed by atoms with van der Waals surface area (Å²) in [5.41, 5.74) is 1.37. The van der Waals surface area contributed by atoms with Crippen LogP contribution in [0.15, 0.2) is 76.7 Å². The van der Waals surface area contributed by atoms with Gasteiger partial charge in [-0.25, -0.2) is 9.22 Å². The minimum absolute atomic E-state index is 0.0436. The van der Waals surface area contributed by atoms with Crippen LogP contribution in [0.4, 0.5) is 4.39 Å². The van der Waals surface area contributed by atoms with E-state index >= 15 is 0 Å². The molecule has 0 heterocycles. The lowest BCUT2D eigenvalue weighted by Gasteiger charge is -2.11. The highest BCUT2D eigenvalue weighted by atomic mass is 35.5. The van der Waals surface area contributed by atoms with Crippen LogP contribution in [0.3, 0.4) is 0 Å². The van der Waals surface area contributed by atoms with Crippen molar-refractivity contribution < 1.29 is 22.3 Å². The first-order valence-electron chi connectivity index (χ1n) is 8.73. The minimum Gasteiger partial charge on any atom is -0.493 e. The Kier molecular flexibility index (Phi) is 6.91. The molecule has 0 saturated carbocycles. The second kappa shape index (κ2) is 9.60. The molecule has 3 rings (SSSR count). The third-order valence-corrected chi connectivity index (χ3v) is 5.50. The Morgan fingerprint density at radius 2 is 1.73 bits per heavy atom. The number of nitrogens with zero attached hydrogens (tertiary/aromatic N) is 1. The molecule has 3 aromatic rings. The molecule has 0 bridgehead atoms. The first-order valence-corrected chi connectivity index (χ1v) is 10.6. The number of hydrazone groups is 1. The molecule has 0 aliphatic carbocycles. The number of rotatable bonds is 8. The van der Waals surface area contributed by atoms with Crippen LogP contribution in [0.25, 0.3) is 0 Å². The monoisotopic (exact) mass is 448 g/mol. The fourth-order valence-electron chi connectivity index (χ4n) is 2.46. The molecule has 0 aliphatic heterocycles. The average Bonchev–Trinajstić information content (AvgIpc) is 2.73. The molecular weight excluding hydrogens is 431 g/mol. The summed E-state index contributed by atoms with van der Waals surface area (Å²) in [6.07, 6.45) is 1.34. The first-order chi connectivity index (χ1) is 14.4. The van der Waals surface area contributed by atoms with Crippen molar-refractivity contribution in [2.45, 2.75) is 11.5 Å². The van der Waals surface area contributed by atoms with Gasteiger partial charge in [0.05, 0.1) is 18.2 Å². The molecule has 30 heavy (non-hydrogen) atoms. The Morgan fingerprint density at radius 3 is 2.40 bits per heavy atom. The van der Waals surface area contributed by atoms with Gasteiger partial charge >= 0.3 is 0 Å². The zero-order chi connectivity index (χ0) is 21.6. The van der Waals surface area contributed by atoms with Crippen molar-refractivity contribution in [1.29, 1.82) is 0 Å². The summed E-state index contributed by atoms with van der Waals surface area (Å²) in [4.78, 5) is 2.19. The summed E-state index contributed by atoms with van der Waals surface area (Å²) < 4.78 is 48.6. The summed E-state index contributed by atoms with van der Waals surface area (Å²) in [5.74, 6) is 0.609. The molecule has 1 N–H and O–H groups in total. The van der Waals surface area contributed by atoms with Gasteiger partial charge in [-0.15, -0.1) is 0 Å². The van der Waals surface area contributed by atoms with Gasteiger partial charge in [0.1, 0.15) is 12.4 Å². The van der Waals surface area contributed by atoms with Crippen molar-refractivity contribution in [2.24, 2.45) is 5.10 Å². The molecule has 0 fully saturated rings. The molecule has 0 amide bonds. The van der Waals surface area contributed by atoms with Gasteiger partial charge in [0.2, 0.25) is 0 Å². The SMILES string of the molecule is COc1ccc(/C=N\NS(=O)(=O)c2ccc(Cl)cc2)cc1OCc1ccc(F)cc1. The predicted molar refractivity (Wildman–Crippen MR) is 113 cm³/mol. The largest absolute Gasteiger partial charge is 0.493 e. The number of nitrogens with one attached hydrogen (secondary N) is 1. The number of benzene rings is 3. The maximum absolute atomic E-state index is 13.0. The van der Waals surface area contributed by atoms with E-state index in [2.05, 4.69) is 9.93 Å². The van der Waals surface area contributed by atoms with Gasteiger partial charge in [-0.1, -0.05) is 23.7 Å². The molecular formula is C21H18ClFN2O4S. The second-order valence-electron chi connectivity index (χ2n) is 6.13. The topological polar surface area (TPSA) is 77.0 Å². The van der Waals surface area contributed by atoms with Gasteiger partial charge in [0.15, 0.2) is 11.5 Å². The van der Waals surface area contributed by atoms with Crippen LogP contribution in [-0.4, -0.2) is 21.7 Å². The maximum Gasteiger partial charge on any atom is 0.276 e. The molecule has 156 valence electrons. The van der Waals surface area contributed by atoms with Crippen LogP contribution in [0.1, 0.15) is 11.1 Å². The van der Waals surface area contributed by atoms with E-state index in [9.17, 15) is 12.8 Å². The summed E-state index contributed by atoms with van der Waals surface area (Å²) in [7, 11) is -2.31. The van der Waals surface area contributed by atoms with Crippen LogP contribution in [0.5, 0.6) is 11.5 Å². The molecule has 0 atom stereocenters. The number of hydrogen-bond donors (Lipinski definition) is 1. The summed E-state index contributed by atoms with van der Waals surface area (Å²) in [6, 6.07) is 16.7. The molecule has 3 aromatic carbocycles. The average molecular weight is 449 g/mol. The van der Waals surface area contributed by atoms with Gasteiger partial charge in [0.25, 0.3) is 10.0 Å². The lowest BCUT2D eigenvalue weighted by atomic mass is 10.2. The zero-order valence-electron chi connectivity index (χ0n) is 15.9. The molecule has 6 nitrogen and oxygen atoms in total. The highest BCUT2D eigenvalue weighted by molar-refractivity contribution is 7.89. The molecule has 9 heteroatoms. The number of methoxy groups -OCH3 is 1. The highest BCUT2D eigenvalue weighted by Gasteiger charge is 2.12. The van der Waals surface area contributed by atoms with Gasteiger partial charge in [0, 0.05) is 5.02 Å². The van der Waals surface area contributed by atoms with E-state index in [0.717, 1.165) is 5.56 Å². The quantitative estimate of drug-likeness (QED) is 0.410. The Hall–Kier alpha value is -3.10. The third-order valence-electron chi connectivity index (χ3n) is 4.01. The number of hydrogen-bond acceptors (Lipinski definition) is 5. The Balaban J connectivity index is 1.70. The van der Waals surface area contributed by atoms with Crippen molar-refractivity contribution in [2.75, 3.05) is 7.11 Å². The van der Waals surface area contributed by atoms with E-state index in [0.29, 0.717) is 22.1 Å². The van der Waals surface area contributed by atoms with Crippen molar-refractivity contribution in [3.63, 3.8) is 0 Å². The van der Waals surface area contributed by atoms with Crippen molar-refractivity contribution in [1.82, 2.24) is 4.83 Å². The maximum atomic E-state index is 13.0. The van der Waals surface area contributed by atoms with E-state index < -0.39 is 10.0 Å². The summed E-state index contributed by atoms with van der Waals surface area (Å²) in [6.45, 7) is 0.209. The first kappa shape index (κ1) is 21.6. The van der Waals surface area contributed by atoms with Crippen LogP contribution in [-0.2, 0) is 16.6 Å². The van der Waals surface area contributed by atoms with Gasteiger partial charge in [-0.2, -0.15) is 13.5 Å². The smallest absolute Gasteiger partial charge is 0.276 e. The Morgan fingerprint density at radius 1 is 1.03 bits per heavy atom. The molecule has 0 aliphatic rings. The fourth-order valence-corrected chi connectivity index (χ4v) is 3.38. The van der Waals surface area contributed by atoms with E-state index in [1.165, 1.54) is 49.7 Å². The van der Waals surface area contributed by atoms with Gasteiger partial charge in [-0.3, -0.25) is 0 Å².